The van der Waals surface area contributed by atoms with Gasteiger partial charge in [-0.15, -0.1) is 0 Å². The third-order valence-corrected chi connectivity index (χ3v) is 8.18. The number of rotatable bonds is 12. The van der Waals surface area contributed by atoms with Gasteiger partial charge in [0.05, 0.1) is 57.8 Å². The maximum Gasteiger partial charge on any atom is 0.124 e. The first-order chi connectivity index (χ1) is 20.0. The Morgan fingerprint density at radius 3 is 1.41 bits per heavy atom. The third kappa shape index (κ3) is 5.61. The van der Waals surface area contributed by atoms with Gasteiger partial charge in [-0.3, -0.25) is 9.80 Å². The average Bonchev–Trinajstić information content (AvgIpc) is 3.74. The highest BCUT2D eigenvalue weighted by Gasteiger charge is 2.29. The summed E-state index contributed by atoms with van der Waals surface area (Å²) in [5.74, 6) is 2.86. The summed E-state index contributed by atoms with van der Waals surface area (Å²) in [6.07, 6.45) is 0. The summed E-state index contributed by atoms with van der Waals surface area (Å²) in [5.41, 5.74) is 6.09. The highest BCUT2D eigenvalue weighted by atomic mass is 16.5. The van der Waals surface area contributed by atoms with Crippen LogP contribution in [0.4, 0.5) is 0 Å². The number of ether oxygens (including phenoxy) is 1. The van der Waals surface area contributed by atoms with E-state index in [0.717, 1.165) is 70.2 Å². The Morgan fingerprint density at radius 1 is 0.585 bits per heavy atom. The van der Waals surface area contributed by atoms with Crippen molar-refractivity contribution in [1.29, 1.82) is 0 Å². The van der Waals surface area contributed by atoms with Gasteiger partial charge in [0, 0.05) is 26.7 Å². The van der Waals surface area contributed by atoms with E-state index in [-0.39, 0.29) is 18.1 Å². The fourth-order valence-corrected chi connectivity index (χ4v) is 5.67. The van der Waals surface area contributed by atoms with Gasteiger partial charge in [-0.2, -0.15) is 0 Å². The molecule has 9 heteroatoms. The maximum absolute atomic E-state index is 5.51. The minimum atomic E-state index is 0.0244. The number of nitrogens with zero attached hydrogens (tertiary/aromatic N) is 5. The molecule has 0 fully saturated rings. The first-order valence-electron chi connectivity index (χ1n) is 14.3. The minimum absolute atomic E-state index is 0.0244. The first kappa shape index (κ1) is 27.1. The summed E-state index contributed by atoms with van der Waals surface area (Å²) in [4.78, 5) is 30.4. The second-order valence-corrected chi connectivity index (χ2v) is 10.7. The molecule has 6 rings (SSSR count). The molecule has 0 amide bonds. The van der Waals surface area contributed by atoms with E-state index < -0.39 is 0 Å². The highest BCUT2D eigenvalue weighted by Crippen LogP contribution is 2.31. The monoisotopic (exact) mass is 550 g/mol. The molecule has 0 saturated heterocycles. The van der Waals surface area contributed by atoms with Crippen molar-refractivity contribution in [3.63, 3.8) is 0 Å². The zero-order valence-electron chi connectivity index (χ0n) is 24.1. The molecule has 0 saturated carbocycles. The number of methoxy groups -OCH3 is 1. The minimum Gasteiger partial charge on any atom is -0.383 e. The van der Waals surface area contributed by atoms with Crippen molar-refractivity contribution in [3.05, 3.63) is 90.3 Å². The Hall–Kier alpha value is -4.05. The quantitative estimate of drug-likeness (QED) is 0.169. The van der Waals surface area contributed by atoms with E-state index in [2.05, 4.69) is 75.9 Å². The molecule has 0 bridgehead atoms. The summed E-state index contributed by atoms with van der Waals surface area (Å²) in [7, 11) is 1.75. The number of aromatic amines is 3. The second-order valence-electron chi connectivity index (χ2n) is 10.7. The highest BCUT2D eigenvalue weighted by molar-refractivity contribution is 5.76. The molecule has 6 aromatic rings. The molecule has 3 atom stereocenters. The Morgan fingerprint density at radius 2 is 1.00 bits per heavy atom. The van der Waals surface area contributed by atoms with Gasteiger partial charge in [0.1, 0.15) is 17.5 Å². The topological polar surface area (TPSA) is 102 Å². The van der Waals surface area contributed by atoms with Gasteiger partial charge in [0.2, 0.25) is 0 Å². The number of aromatic nitrogens is 6. The Kier molecular flexibility index (Phi) is 7.82. The van der Waals surface area contributed by atoms with Gasteiger partial charge in [0.15, 0.2) is 0 Å². The van der Waals surface area contributed by atoms with Crippen LogP contribution in [-0.4, -0.2) is 73.1 Å². The van der Waals surface area contributed by atoms with E-state index in [1.165, 1.54) is 0 Å². The Balaban J connectivity index is 1.30. The smallest absolute Gasteiger partial charge is 0.124 e. The van der Waals surface area contributed by atoms with Gasteiger partial charge in [0.25, 0.3) is 0 Å². The Labute approximate surface area is 240 Å². The predicted octanol–water partition coefficient (Wildman–Crippen LogP) is 6.15. The van der Waals surface area contributed by atoms with Crippen molar-refractivity contribution in [2.45, 2.75) is 38.9 Å². The van der Waals surface area contributed by atoms with Crippen molar-refractivity contribution >= 4 is 33.1 Å². The average molecular weight is 551 g/mol. The number of hydrogen-bond acceptors (Lipinski definition) is 6. The van der Waals surface area contributed by atoms with Crippen LogP contribution in [0.2, 0.25) is 0 Å². The van der Waals surface area contributed by atoms with Crippen LogP contribution in [0.1, 0.15) is 56.4 Å². The van der Waals surface area contributed by atoms with Crippen LogP contribution >= 0.6 is 0 Å². The number of fused-ring (bicyclic) bond motifs is 3. The SMILES string of the molecule is COCCN(CCN(C(C)c1nc2ccccc2[nH]1)C(C)c1nc2ccccc2[nH]1)C(C)c1nc2ccccc2[nH]1. The molecule has 9 nitrogen and oxygen atoms in total. The molecule has 212 valence electrons. The largest absolute Gasteiger partial charge is 0.383 e. The van der Waals surface area contributed by atoms with Gasteiger partial charge in [-0.25, -0.2) is 15.0 Å². The van der Waals surface area contributed by atoms with Crippen LogP contribution in [0.25, 0.3) is 33.1 Å². The molecule has 0 aliphatic carbocycles. The normalized spacial score (nSPS) is 14.5. The third-order valence-electron chi connectivity index (χ3n) is 8.18. The van der Waals surface area contributed by atoms with Crippen molar-refractivity contribution in [3.8, 4) is 0 Å². The lowest BCUT2D eigenvalue weighted by atomic mass is 10.1. The fourth-order valence-electron chi connectivity index (χ4n) is 5.67. The maximum atomic E-state index is 5.51. The van der Waals surface area contributed by atoms with Crippen LogP contribution in [0.5, 0.6) is 0 Å². The van der Waals surface area contributed by atoms with Gasteiger partial charge in [-0.1, -0.05) is 36.4 Å². The van der Waals surface area contributed by atoms with Crippen LogP contribution in [-0.2, 0) is 4.74 Å². The number of nitrogens with one attached hydrogen (secondary N) is 3. The lowest BCUT2D eigenvalue weighted by Crippen LogP contribution is -2.41. The summed E-state index contributed by atoms with van der Waals surface area (Å²) in [6.45, 7) is 9.70. The zero-order valence-corrected chi connectivity index (χ0v) is 24.1. The van der Waals surface area contributed by atoms with E-state index in [1.807, 2.05) is 42.5 Å². The Bertz CT molecular complexity index is 1560. The molecule has 3 aromatic heterocycles. The number of para-hydroxylation sites is 6. The van der Waals surface area contributed by atoms with Crippen molar-refractivity contribution in [2.24, 2.45) is 0 Å². The molecule has 3 heterocycles. The zero-order chi connectivity index (χ0) is 28.3. The molecule has 3 N–H and O–H groups in total. The van der Waals surface area contributed by atoms with Gasteiger partial charge in [-0.05, 0) is 57.2 Å². The summed E-state index contributed by atoms with van der Waals surface area (Å²) >= 11 is 0. The molecule has 41 heavy (non-hydrogen) atoms. The fraction of sp³-hybridized carbons (Fsp3) is 0.344. The van der Waals surface area contributed by atoms with E-state index in [0.29, 0.717) is 6.61 Å². The molecular formula is C32H38N8O. The lowest BCUT2D eigenvalue weighted by molar-refractivity contribution is 0.0838. The van der Waals surface area contributed by atoms with Gasteiger partial charge >= 0.3 is 0 Å². The van der Waals surface area contributed by atoms with Crippen molar-refractivity contribution < 1.29 is 4.74 Å². The second kappa shape index (κ2) is 11.8. The summed E-state index contributed by atoms with van der Waals surface area (Å²) < 4.78 is 5.51. The predicted molar refractivity (Wildman–Crippen MR) is 164 cm³/mol. The number of imidazole rings is 3. The molecule has 0 radical (unpaired) electrons. The van der Waals surface area contributed by atoms with Crippen LogP contribution in [0.3, 0.4) is 0 Å². The van der Waals surface area contributed by atoms with E-state index in [9.17, 15) is 0 Å². The van der Waals surface area contributed by atoms with Crippen LogP contribution < -0.4 is 0 Å². The summed E-state index contributed by atoms with van der Waals surface area (Å²) in [5, 5.41) is 0. The van der Waals surface area contributed by atoms with E-state index in [1.54, 1.807) is 7.11 Å². The molecular weight excluding hydrogens is 512 g/mol. The molecule has 0 aliphatic heterocycles. The van der Waals surface area contributed by atoms with Crippen molar-refractivity contribution in [1.82, 2.24) is 39.7 Å². The molecule has 0 spiro atoms. The van der Waals surface area contributed by atoms with Crippen molar-refractivity contribution in [2.75, 3.05) is 33.4 Å². The van der Waals surface area contributed by atoms with Crippen LogP contribution in [0, 0.1) is 0 Å². The lowest BCUT2D eigenvalue weighted by Gasteiger charge is -2.36. The van der Waals surface area contributed by atoms with E-state index >= 15 is 0 Å². The van der Waals surface area contributed by atoms with Gasteiger partial charge < -0.3 is 19.7 Å². The first-order valence-corrected chi connectivity index (χ1v) is 14.3. The molecule has 0 aliphatic rings. The summed E-state index contributed by atoms with van der Waals surface area (Å²) in [6, 6.07) is 24.7. The molecule has 3 unspecified atom stereocenters. The number of benzene rings is 3. The van der Waals surface area contributed by atoms with E-state index in [4.69, 9.17) is 19.7 Å². The number of H-pyrrole nitrogens is 3. The standard InChI is InChI=1S/C32H38N8O/c1-21(30-33-24-11-5-6-12-25(24)34-30)39(19-20-41-4)17-18-40(22(2)31-35-26-13-7-8-14-27(26)36-31)23(3)32-37-28-15-9-10-16-29(28)38-32/h5-16,21-23H,17-20H2,1-4H3,(H,33,34)(H,35,36)(H,37,38). The number of hydrogen-bond donors (Lipinski definition) is 3. The molecule has 3 aromatic carbocycles. The van der Waals surface area contributed by atoms with Crippen LogP contribution in [0.15, 0.2) is 72.8 Å².